The van der Waals surface area contributed by atoms with Crippen LogP contribution in [0.1, 0.15) is 26.2 Å². The van der Waals surface area contributed by atoms with E-state index in [9.17, 15) is 4.79 Å². The molecule has 0 aliphatic carbocycles. The Morgan fingerprint density at radius 2 is 1.83 bits per heavy atom. The van der Waals surface area contributed by atoms with Gasteiger partial charge in [0, 0.05) is 24.5 Å². The Hall–Kier alpha value is -1.55. The summed E-state index contributed by atoms with van der Waals surface area (Å²) in [4.78, 5) is 13.7. The van der Waals surface area contributed by atoms with Crippen LogP contribution in [0.15, 0.2) is 24.3 Å². The first-order valence-electron chi connectivity index (χ1n) is 6.51. The molecule has 0 spiro atoms. The predicted molar refractivity (Wildman–Crippen MR) is 72.8 cm³/mol. The van der Waals surface area contributed by atoms with Crippen molar-refractivity contribution in [3.8, 4) is 0 Å². The van der Waals surface area contributed by atoms with Crippen LogP contribution < -0.4 is 10.2 Å². The lowest BCUT2D eigenvalue weighted by Gasteiger charge is -2.28. The molecule has 0 radical (unpaired) electrons. The summed E-state index contributed by atoms with van der Waals surface area (Å²) < 4.78 is 0. The van der Waals surface area contributed by atoms with Gasteiger partial charge in [0.05, 0.1) is 0 Å². The van der Waals surface area contributed by atoms with E-state index in [1.165, 1.54) is 31.9 Å². The molecule has 2 N–H and O–H groups in total. The summed E-state index contributed by atoms with van der Waals surface area (Å²) in [5.74, 6) is -0.374. The average Bonchev–Trinajstić information content (AvgIpc) is 2.40. The third-order valence-corrected chi connectivity index (χ3v) is 3.24. The van der Waals surface area contributed by atoms with Crippen LogP contribution in [0.25, 0.3) is 0 Å². The molecule has 1 aliphatic rings. The molecule has 1 amide bonds. The van der Waals surface area contributed by atoms with Gasteiger partial charge in [0.1, 0.15) is 6.10 Å². The summed E-state index contributed by atoms with van der Waals surface area (Å²) >= 11 is 0. The summed E-state index contributed by atoms with van der Waals surface area (Å²) in [6.45, 7) is 3.68. The number of carbonyl (C=O) groups is 1. The Morgan fingerprint density at radius 3 is 2.39 bits per heavy atom. The monoisotopic (exact) mass is 248 g/mol. The molecule has 1 heterocycles. The van der Waals surface area contributed by atoms with Gasteiger partial charge in [0.15, 0.2) is 0 Å². The van der Waals surface area contributed by atoms with Crippen LogP contribution >= 0.6 is 0 Å². The molecule has 98 valence electrons. The molecule has 4 nitrogen and oxygen atoms in total. The van der Waals surface area contributed by atoms with Crippen molar-refractivity contribution in [3.63, 3.8) is 0 Å². The smallest absolute Gasteiger partial charge is 0.252 e. The fourth-order valence-corrected chi connectivity index (χ4v) is 2.15. The second kappa shape index (κ2) is 5.87. The number of hydrogen-bond acceptors (Lipinski definition) is 3. The van der Waals surface area contributed by atoms with E-state index < -0.39 is 6.10 Å². The van der Waals surface area contributed by atoms with Crippen molar-refractivity contribution in [1.29, 1.82) is 0 Å². The number of benzene rings is 1. The summed E-state index contributed by atoms with van der Waals surface area (Å²) in [6, 6.07) is 7.79. The maximum absolute atomic E-state index is 11.3. The van der Waals surface area contributed by atoms with Crippen molar-refractivity contribution in [2.75, 3.05) is 23.3 Å². The highest BCUT2D eigenvalue weighted by molar-refractivity contribution is 5.93. The van der Waals surface area contributed by atoms with Gasteiger partial charge in [0.2, 0.25) is 0 Å². The second-order valence-electron chi connectivity index (χ2n) is 4.76. The van der Waals surface area contributed by atoms with Crippen molar-refractivity contribution in [2.24, 2.45) is 0 Å². The molecule has 1 fully saturated rings. The van der Waals surface area contributed by atoms with E-state index in [1.54, 1.807) is 0 Å². The van der Waals surface area contributed by atoms with Gasteiger partial charge < -0.3 is 15.3 Å². The SMILES string of the molecule is C[C@@H](O)C(=O)Nc1ccc(N2CCCCC2)cc1. The normalized spacial score (nSPS) is 17.3. The Labute approximate surface area is 108 Å². The number of anilines is 2. The molecule has 1 aliphatic heterocycles. The largest absolute Gasteiger partial charge is 0.384 e. The van der Waals surface area contributed by atoms with Crippen molar-refractivity contribution >= 4 is 17.3 Å². The molecule has 0 aromatic heterocycles. The minimum Gasteiger partial charge on any atom is -0.384 e. The molecule has 0 unspecified atom stereocenters. The summed E-state index contributed by atoms with van der Waals surface area (Å²) in [7, 11) is 0. The third-order valence-electron chi connectivity index (χ3n) is 3.24. The van der Waals surface area contributed by atoms with Crippen LogP contribution in [0.5, 0.6) is 0 Å². The zero-order chi connectivity index (χ0) is 13.0. The highest BCUT2D eigenvalue weighted by Gasteiger charge is 2.12. The minimum atomic E-state index is -0.980. The molecule has 2 rings (SSSR count). The maximum atomic E-state index is 11.3. The van der Waals surface area contributed by atoms with Crippen LogP contribution in [0.4, 0.5) is 11.4 Å². The summed E-state index contributed by atoms with van der Waals surface area (Å²) in [5, 5.41) is 11.8. The van der Waals surface area contributed by atoms with Crippen LogP contribution in [0.3, 0.4) is 0 Å². The van der Waals surface area contributed by atoms with E-state index in [4.69, 9.17) is 5.11 Å². The topological polar surface area (TPSA) is 52.6 Å². The van der Waals surface area contributed by atoms with E-state index in [0.29, 0.717) is 0 Å². The molecule has 0 bridgehead atoms. The number of amides is 1. The highest BCUT2D eigenvalue weighted by atomic mass is 16.3. The first-order chi connectivity index (χ1) is 8.66. The molecule has 1 aromatic carbocycles. The van der Waals surface area contributed by atoms with E-state index in [-0.39, 0.29) is 5.91 Å². The van der Waals surface area contributed by atoms with Crippen molar-refractivity contribution in [1.82, 2.24) is 0 Å². The van der Waals surface area contributed by atoms with E-state index in [1.807, 2.05) is 24.3 Å². The van der Waals surface area contributed by atoms with Crippen molar-refractivity contribution < 1.29 is 9.90 Å². The van der Waals surface area contributed by atoms with Crippen LogP contribution in [0, 0.1) is 0 Å². The van der Waals surface area contributed by atoms with Gasteiger partial charge in [-0.05, 0) is 50.5 Å². The quantitative estimate of drug-likeness (QED) is 0.860. The van der Waals surface area contributed by atoms with Crippen LogP contribution in [-0.2, 0) is 4.79 Å². The van der Waals surface area contributed by atoms with Gasteiger partial charge in [-0.1, -0.05) is 0 Å². The number of hydrogen-bond donors (Lipinski definition) is 2. The lowest BCUT2D eigenvalue weighted by Crippen LogP contribution is -2.29. The predicted octanol–water partition coefficient (Wildman–Crippen LogP) is 2.00. The number of rotatable bonds is 3. The number of aliphatic hydroxyl groups is 1. The number of piperidine rings is 1. The third kappa shape index (κ3) is 3.23. The van der Waals surface area contributed by atoms with Crippen molar-refractivity contribution in [2.45, 2.75) is 32.3 Å². The van der Waals surface area contributed by atoms with Crippen LogP contribution in [0.2, 0.25) is 0 Å². The molecule has 1 saturated heterocycles. The van der Waals surface area contributed by atoms with Gasteiger partial charge in [-0.15, -0.1) is 0 Å². The zero-order valence-corrected chi connectivity index (χ0v) is 10.7. The number of nitrogens with zero attached hydrogens (tertiary/aromatic N) is 1. The standard InChI is InChI=1S/C14H20N2O2/c1-11(17)14(18)15-12-5-7-13(8-6-12)16-9-3-2-4-10-16/h5-8,11,17H,2-4,9-10H2,1H3,(H,15,18)/t11-/m1/s1. The zero-order valence-electron chi connectivity index (χ0n) is 10.7. The summed E-state index contributed by atoms with van der Waals surface area (Å²) in [5.41, 5.74) is 1.92. The number of aliphatic hydroxyl groups excluding tert-OH is 1. The average molecular weight is 248 g/mol. The molecule has 1 aromatic rings. The molecular weight excluding hydrogens is 228 g/mol. The van der Waals surface area contributed by atoms with Crippen LogP contribution in [-0.4, -0.2) is 30.2 Å². The number of nitrogens with one attached hydrogen (secondary N) is 1. The lowest BCUT2D eigenvalue weighted by atomic mass is 10.1. The Morgan fingerprint density at radius 1 is 1.22 bits per heavy atom. The summed E-state index contributed by atoms with van der Waals surface area (Å²) in [6.07, 6.45) is 2.84. The Bertz CT molecular complexity index is 395. The van der Waals surface area contributed by atoms with Gasteiger partial charge in [-0.3, -0.25) is 4.79 Å². The maximum Gasteiger partial charge on any atom is 0.252 e. The lowest BCUT2D eigenvalue weighted by molar-refractivity contribution is -0.123. The Balaban J connectivity index is 1.98. The molecule has 1 atom stereocenters. The first-order valence-corrected chi connectivity index (χ1v) is 6.51. The minimum absolute atomic E-state index is 0.374. The molecule has 18 heavy (non-hydrogen) atoms. The number of carbonyl (C=O) groups excluding carboxylic acids is 1. The van der Waals surface area contributed by atoms with E-state index in [2.05, 4.69) is 10.2 Å². The molecular formula is C14H20N2O2. The van der Waals surface area contributed by atoms with E-state index >= 15 is 0 Å². The van der Waals surface area contributed by atoms with Gasteiger partial charge in [0.25, 0.3) is 5.91 Å². The first kappa shape index (κ1) is 12.9. The fraction of sp³-hybridized carbons (Fsp3) is 0.500. The Kier molecular flexibility index (Phi) is 4.20. The van der Waals surface area contributed by atoms with Gasteiger partial charge >= 0.3 is 0 Å². The fourth-order valence-electron chi connectivity index (χ4n) is 2.15. The highest BCUT2D eigenvalue weighted by Crippen LogP contribution is 2.21. The van der Waals surface area contributed by atoms with Gasteiger partial charge in [-0.25, -0.2) is 0 Å². The van der Waals surface area contributed by atoms with Gasteiger partial charge in [-0.2, -0.15) is 0 Å². The molecule has 0 saturated carbocycles. The second-order valence-corrected chi connectivity index (χ2v) is 4.76. The molecule has 4 heteroatoms. The van der Waals surface area contributed by atoms with Crippen molar-refractivity contribution in [3.05, 3.63) is 24.3 Å². The van der Waals surface area contributed by atoms with E-state index in [0.717, 1.165) is 18.8 Å².